The molecule has 0 radical (unpaired) electrons. The molecule has 0 amide bonds. The normalized spacial score (nSPS) is 19.4. The average Bonchev–Trinajstić information content (AvgIpc) is 2.96. The van der Waals surface area contributed by atoms with Gasteiger partial charge in [-0.05, 0) is 17.7 Å². The molecule has 0 spiro atoms. The zero-order valence-electron chi connectivity index (χ0n) is 9.05. The lowest BCUT2D eigenvalue weighted by atomic mass is 10.2. The van der Waals surface area contributed by atoms with Crippen LogP contribution in [0.3, 0.4) is 0 Å². The minimum absolute atomic E-state index is 0.0458. The predicted octanol–water partition coefficient (Wildman–Crippen LogP) is 1.01. The number of ether oxygens (including phenoxy) is 2. The molecule has 2 rings (SSSR count). The summed E-state index contributed by atoms with van der Waals surface area (Å²) in [6.45, 7) is 1.28. The number of epoxide rings is 1. The van der Waals surface area contributed by atoms with E-state index in [0.717, 1.165) is 12.2 Å². The van der Waals surface area contributed by atoms with Crippen LogP contribution in [-0.2, 0) is 20.3 Å². The lowest BCUT2D eigenvalue weighted by Crippen LogP contribution is -2.05. The second-order valence-corrected chi connectivity index (χ2v) is 6.12. The largest absolute Gasteiger partial charge is 0.491 e. The van der Waals surface area contributed by atoms with Gasteiger partial charge < -0.3 is 9.47 Å². The first-order valence-corrected chi connectivity index (χ1v) is 7.10. The Morgan fingerprint density at radius 2 is 2.25 bits per heavy atom. The van der Waals surface area contributed by atoms with E-state index < -0.39 is 9.84 Å². The van der Waals surface area contributed by atoms with E-state index in [-0.39, 0.29) is 11.9 Å². The minimum atomic E-state index is -2.99. The van der Waals surface area contributed by atoms with Gasteiger partial charge in [0.15, 0.2) is 9.84 Å². The van der Waals surface area contributed by atoms with Crippen LogP contribution in [0.15, 0.2) is 24.3 Å². The molecule has 16 heavy (non-hydrogen) atoms. The zero-order valence-corrected chi connectivity index (χ0v) is 9.87. The smallest absolute Gasteiger partial charge is 0.151 e. The van der Waals surface area contributed by atoms with Crippen LogP contribution in [0, 0.1) is 0 Å². The molecule has 1 aromatic rings. The maximum atomic E-state index is 11.1. The molecule has 1 unspecified atom stereocenters. The number of hydrogen-bond acceptors (Lipinski definition) is 4. The Balaban J connectivity index is 2.00. The summed E-state index contributed by atoms with van der Waals surface area (Å²) in [5, 5.41) is 0. The van der Waals surface area contributed by atoms with Crippen LogP contribution in [0.5, 0.6) is 5.75 Å². The molecule has 1 aliphatic rings. The first kappa shape index (κ1) is 11.4. The molecule has 0 N–H and O–H groups in total. The van der Waals surface area contributed by atoms with Gasteiger partial charge in [-0.15, -0.1) is 0 Å². The molecular weight excluding hydrogens is 228 g/mol. The quantitative estimate of drug-likeness (QED) is 0.723. The van der Waals surface area contributed by atoms with Crippen molar-refractivity contribution in [1.82, 2.24) is 0 Å². The third-order valence-corrected chi connectivity index (χ3v) is 3.02. The molecule has 1 saturated heterocycles. The number of benzene rings is 1. The Morgan fingerprint density at radius 3 is 2.88 bits per heavy atom. The van der Waals surface area contributed by atoms with Gasteiger partial charge in [0.05, 0.1) is 12.4 Å². The Morgan fingerprint density at radius 1 is 1.50 bits per heavy atom. The molecule has 0 saturated carbocycles. The molecule has 4 nitrogen and oxygen atoms in total. The first-order chi connectivity index (χ1) is 7.53. The van der Waals surface area contributed by atoms with Crippen molar-refractivity contribution in [2.24, 2.45) is 0 Å². The molecule has 0 aromatic heterocycles. The van der Waals surface area contributed by atoms with Gasteiger partial charge in [0.2, 0.25) is 0 Å². The van der Waals surface area contributed by atoms with Crippen LogP contribution in [0.2, 0.25) is 0 Å². The Hall–Kier alpha value is -1.07. The third kappa shape index (κ3) is 3.83. The maximum Gasteiger partial charge on any atom is 0.151 e. The van der Waals surface area contributed by atoms with E-state index >= 15 is 0 Å². The van der Waals surface area contributed by atoms with E-state index in [0.29, 0.717) is 12.4 Å². The molecule has 0 aliphatic carbocycles. The Bertz CT molecular complexity index is 463. The number of sulfone groups is 1. The van der Waals surface area contributed by atoms with Crippen LogP contribution in [0.1, 0.15) is 5.56 Å². The lowest BCUT2D eigenvalue weighted by molar-refractivity contribution is 0.263. The minimum Gasteiger partial charge on any atom is -0.491 e. The second kappa shape index (κ2) is 4.43. The van der Waals surface area contributed by atoms with E-state index in [9.17, 15) is 8.42 Å². The summed E-state index contributed by atoms with van der Waals surface area (Å²) in [6.07, 6.45) is 1.43. The predicted molar refractivity (Wildman–Crippen MR) is 60.2 cm³/mol. The third-order valence-electron chi connectivity index (χ3n) is 2.17. The van der Waals surface area contributed by atoms with Crippen molar-refractivity contribution in [3.8, 4) is 5.75 Å². The van der Waals surface area contributed by atoms with Crippen molar-refractivity contribution in [3.05, 3.63) is 29.8 Å². The van der Waals surface area contributed by atoms with Crippen molar-refractivity contribution in [1.29, 1.82) is 0 Å². The van der Waals surface area contributed by atoms with Gasteiger partial charge in [0.25, 0.3) is 0 Å². The SMILES string of the molecule is CS(=O)(=O)Cc1cccc(OCC2CO2)c1. The van der Waals surface area contributed by atoms with Crippen LogP contribution in [0.25, 0.3) is 0 Å². The van der Waals surface area contributed by atoms with Crippen LogP contribution < -0.4 is 4.74 Å². The van der Waals surface area contributed by atoms with Crippen LogP contribution in [0.4, 0.5) is 0 Å². The van der Waals surface area contributed by atoms with Gasteiger partial charge in [-0.3, -0.25) is 0 Å². The van der Waals surface area contributed by atoms with E-state index in [4.69, 9.17) is 9.47 Å². The van der Waals surface area contributed by atoms with Crippen molar-refractivity contribution in [2.45, 2.75) is 11.9 Å². The van der Waals surface area contributed by atoms with E-state index in [1.165, 1.54) is 6.26 Å². The molecule has 1 heterocycles. The van der Waals surface area contributed by atoms with E-state index in [2.05, 4.69) is 0 Å². The lowest BCUT2D eigenvalue weighted by Gasteiger charge is -2.06. The maximum absolute atomic E-state index is 11.1. The fourth-order valence-corrected chi connectivity index (χ4v) is 2.17. The van der Waals surface area contributed by atoms with Gasteiger partial charge in [0, 0.05) is 6.26 Å². The second-order valence-electron chi connectivity index (χ2n) is 3.98. The molecule has 1 atom stereocenters. The van der Waals surface area contributed by atoms with Crippen LogP contribution >= 0.6 is 0 Å². The van der Waals surface area contributed by atoms with E-state index in [1.807, 2.05) is 6.07 Å². The summed E-state index contributed by atoms with van der Waals surface area (Å²) in [4.78, 5) is 0. The number of rotatable bonds is 5. The fraction of sp³-hybridized carbons (Fsp3) is 0.455. The average molecular weight is 242 g/mol. The van der Waals surface area contributed by atoms with Gasteiger partial charge in [-0.2, -0.15) is 0 Å². The first-order valence-electron chi connectivity index (χ1n) is 5.04. The molecule has 1 aliphatic heterocycles. The topological polar surface area (TPSA) is 55.9 Å². The summed E-state index contributed by atoms with van der Waals surface area (Å²) >= 11 is 0. The highest BCUT2D eigenvalue weighted by atomic mass is 32.2. The molecule has 1 fully saturated rings. The highest BCUT2D eigenvalue weighted by molar-refractivity contribution is 7.89. The van der Waals surface area contributed by atoms with Crippen molar-refractivity contribution >= 4 is 9.84 Å². The summed E-state index contributed by atoms with van der Waals surface area (Å²) < 4.78 is 32.7. The summed E-state index contributed by atoms with van der Waals surface area (Å²) in [7, 11) is -2.99. The molecule has 5 heteroatoms. The zero-order chi connectivity index (χ0) is 11.6. The fourth-order valence-electron chi connectivity index (χ4n) is 1.38. The molecule has 0 bridgehead atoms. The summed E-state index contributed by atoms with van der Waals surface area (Å²) in [5.41, 5.74) is 0.747. The van der Waals surface area contributed by atoms with Gasteiger partial charge >= 0.3 is 0 Å². The Kier molecular flexibility index (Phi) is 3.16. The molecule has 1 aromatic carbocycles. The van der Waals surface area contributed by atoms with E-state index in [1.54, 1.807) is 18.2 Å². The monoisotopic (exact) mass is 242 g/mol. The van der Waals surface area contributed by atoms with Crippen molar-refractivity contribution < 1.29 is 17.9 Å². The van der Waals surface area contributed by atoms with Gasteiger partial charge in [0.1, 0.15) is 18.5 Å². The van der Waals surface area contributed by atoms with Gasteiger partial charge in [-0.25, -0.2) is 8.42 Å². The summed E-state index contributed by atoms with van der Waals surface area (Å²) in [6, 6.07) is 7.14. The standard InChI is InChI=1S/C11H14O4S/c1-16(12,13)8-9-3-2-4-10(5-9)14-6-11-7-15-11/h2-5,11H,6-8H2,1H3. The van der Waals surface area contributed by atoms with Crippen LogP contribution in [-0.4, -0.2) is 34.0 Å². The van der Waals surface area contributed by atoms with Crippen molar-refractivity contribution in [3.63, 3.8) is 0 Å². The highest BCUT2D eigenvalue weighted by Gasteiger charge is 2.23. The highest BCUT2D eigenvalue weighted by Crippen LogP contribution is 2.17. The van der Waals surface area contributed by atoms with Gasteiger partial charge in [-0.1, -0.05) is 12.1 Å². The Labute approximate surface area is 95.1 Å². The molecule has 88 valence electrons. The van der Waals surface area contributed by atoms with Crippen molar-refractivity contribution in [2.75, 3.05) is 19.5 Å². The molecular formula is C11H14O4S. The number of hydrogen-bond donors (Lipinski definition) is 0. The summed E-state index contributed by atoms with van der Waals surface area (Å²) in [5.74, 6) is 0.737.